The van der Waals surface area contributed by atoms with Crippen LogP contribution in [0.15, 0.2) is 41.3 Å². The van der Waals surface area contributed by atoms with E-state index in [1.54, 1.807) is 18.2 Å². The summed E-state index contributed by atoms with van der Waals surface area (Å²) >= 11 is 0. The van der Waals surface area contributed by atoms with Crippen molar-refractivity contribution in [3.8, 4) is 0 Å². The lowest BCUT2D eigenvalue weighted by molar-refractivity contribution is 0.0471. The molecule has 0 unspecified atom stereocenters. The Hall–Kier alpha value is -2.18. The Morgan fingerprint density at radius 3 is 2.12 bits per heavy atom. The van der Waals surface area contributed by atoms with Crippen molar-refractivity contribution in [2.75, 3.05) is 13.1 Å². The molecule has 1 heterocycles. The van der Waals surface area contributed by atoms with Crippen LogP contribution in [-0.4, -0.2) is 31.8 Å². The molecule has 3 rings (SSSR count). The number of hydrogen-bond donors (Lipinski definition) is 0. The highest BCUT2D eigenvalue weighted by Gasteiger charge is 2.26. The molecule has 0 N–H and O–H groups in total. The molecule has 2 aromatic rings. The molecule has 0 saturated carbocycles. The second-order valence-electron chi connectivity index (χ2n) is 9.76. The van der Waals surface area contributed by atoms with E-state index in [1.807, 2.05) is 13.8 Å². The van der Waals surface area contributed by atoms with Gasteiger partial charge in [0.1, 0.15) is 6.61 Å². The minimum Gasteiger partial charge on any atom is -0.457 e. The van der Waals surface area contributed by atoms with Crippen LogP contribution < -0.4 is 0 Å². The summed E-state index contributed by atoms with van der Waals surface area (Å²) in [7, 11) is -3.62. The smallest absolute Gasteiger partial charge is 0.338 e. The lowest BCUT2D eigenvalue weighted by atomic mass is 9.84. The highest BCUT2D eigenvalue weighted by atomic mass is 32.2. The van der Waals surface area contributed by atoms with Gasteiger partial charge in [-0.3, -0.25) is 0 Å². The van der Waals surface area contributed by atoms with Crippen LogP contribution in [0.2, 0.25) is 0 Å². The Kier molecular flexibility index (Phi) is 7.46. The van der Waals surface area contributed by atoms with Crippen LogP contribution in [0.3, 0.4) is 0 Å². The van der Waals surface area contributed by atoms with Gasteiger partial charge in [-0.2, -0.15) is 4.31 Å². The molecule has 1 aliphatic rings. The van der Waals surface area contributed by atoms with Crippen molar-refractivity contribution in [3.05, 3.63) is 64.2 Å². The van der Waals surface area contributed by atoms with Gasteiger partial charge < -0.3 is 4.74 Å². The van der Waals surface area contributed by atoms with E-state index in [4.69, 9.17) is 4.74 Å². The predicted octanol–water partition coefficient (Wildman–Crippen LogP) is 5.52. The van der Waals surface area contributed by atoms with Gasteiger partial charge in [0.2, 0.25) is 10.0 Å². The molecule has 0 spiro atoms. The number of sulfonamides is 1. The van der Waals surface area contributed by atoms with Crippen molar-refractivity contribution < 1.29 is 17.9 Å². The molecule has 5 nitrogen and oxygen atoms in total. The Bertz CT molecular complexity index is 1050. The van der Waals surface area contributed by atoms with Crippen molar-refractivity contribution >= 4 is 16.0 Å². The number of aryl methyl sites for hydroxylation is 2. The molecule has 0 amide bonds. The zero-order chi connectivity index (χ0) is 23.5. The van der Waals surface area contributed by atoms with Crippen LogP contribution in [-0.2, 0) is 26.8 Å². The number of esters is 1. The number of carbonyl (C=O) groups excluding carboxylic acids is 1. The normalized spacial score (nSPS) is 15.9. The first-order valence-electron chi connectivity index (χ1n) is 11.4. The fourth-order valence-electron chi connectivity index (χ4n) is 4.09. The summed E-state index contributed by atoms with van der Waals surface area (Å²) in [6, 6.07) is 10.5. The Morgan fingerprint density at radius 1 is 0.969 bits per heavy atom. The standard InChI is InChI=1S/C26H35NO4S/c1-19-15-22(26(3,4)5)16-20(2)24(19)18-31-25(28)21-11-10-12-23(17-21)32(29,30)27-13-8-6-7-9-14-27/h10-12,15-17H,6-9,13-14,18H2,1-5H3. The second-order valence-corrected chi connectivity index (χ2v) is 11.7. The molecule has 2 aromatic carbocycles. The van der Waals surface area contributed by atoms with Gasteiger partial charge in [-0.1, -0.05) is 51.8 Å². The van der Waals surface area contributed by atoms with E-state index in [9.17, 15) is 13.2 Å². The Labute approximate surface area is 192 Å². The molecular formula is C26H35NO4S. The largest absolute Gasteiger partial charge is 0.457 e. The third-order valence-electron chi connectivity index (χ3n) is 6.18. The quantitative estimate of drug-likeness (QED) is 0.555. The monoisotopic (exact) mass is 457 g/mol. The molecular weight excluding hydrogens is 422 g/mol. The molecule has 0 aromatic heterocycles. The third-order valence-corrected chi connectivity index (χ3v) is 8.08. The van der Waals surface area contributed by atoms with Crippen LogP contribution in [0.4, 0.5) is 0 Å². The average Bonchev–Trinajstić information content (AvgIpc) is 3.02. The van der Waals surface area contributed by atoms with Gasteiger partial charge in [-0.05, 0) is 72.6 Å². The molecule has 1 saturated heterocycles. The number of hydrogen-bond acceptors (Lipinski definition) is 4. The SMILES string of the molecule is Cc1cc(C(C)(C)C)cc(C)c1COC(=O)c1cccc(S(=O)(=O)N2CCCCCC2)c1. The van der Waals surface area contributed by atoms with Gasteiger partial charge >= 0.3 is 5.97 Å². The maximum Gasteiger partial charge on any atom is 0.338 e. The average molecular weight is 458 g/mol. The van der Waals surface area contributed by atoms with Crippen LogP contribution in [0.1, 0.15) is 79.1 Å². The fraction of sp³-hybridized carbons (Fsp3) is 0.500. The third kappa shape index (κ3) is 5.59. The number of rotatable bonds is 5. The van der Waals surface area contributed by atoms with Crippen LogP contribution in [0.5, 0.6) is 0 Å². The van der Waals surface area contributed by atoms with Crippen molar-refractivity contribution in [1.82, 2.24) is 4.31 Å². The Morgan fingerprint density at radius 2 is 1.56 bits per heavy atom. The molecule has 174 valence electrons. The first kappa shape index (κ1) is 24.5. The predicted molar refractivity (Wildman–Crippen MR) is 127 cm³/mol. The van der Waals surface area contributed by atoms with E-state index in [2.05, 4.69) is 32.9 Å². The molecule has 0 atom stereocenters. The minimum atomic E-state index is -3.62. The van der Waals surface area contributed by atoms with Gasteiger partial charge in [0.15, 0.2) is 0 Å². The lowest BCUT2D eigenvalue weighted by Gasteiger charge is -2.22. The zero-order valence-corrected chi connectivity index (χ0v) is 20.7. The Balaban J connectivity index is 1.76. The number of benzene rings is 2. The first-order valence-corrected chi connectivity index (χ1v) is 12.8. The summed E-state index contributed by atoms with van der Waals surface area (Å²) in [4.78, 5) is 12.9. The summed E-state index contributed by atoms with van der Waals surface area (Å²) in [6.45, 7) is 11.8. The maximum absolute atomic E-state index is 13.1. The molecule has 0 aliphatic carbocycles. The molecule has 0 bridgehead atoms. The van der Waals surface area contributed by atoms with E-state index in [-0.39, 0.29) is 22.5 Å². The van der Waals surface area contributed by atoms with Gasteiger partial charge in [0.05, 0.1) is 10.5 Å². The van der Waals surface area contributed by atoms with Gasteiger partial charge in [0, 0.05) is 13.1 Å². The molecule has 1 fully saturated rings. The van der Waals surface area contributed by atoms with Gasteiger partial charge in [-0.25, -0.2) is 13.2 Å². The van der Waals surface area contributed by atoms with E-state index >= 15 is 0 Å². The second kappa shape index (κ2) is 9.75. The van der Waals surface area contributed by atoms with E-state index in [1.165, 1.54) is 15.9 Å². The highest BCUT2D eigenvalue weighted by molar-refractivity contribution is 7.89. The summed E-state index contributed by atoms with van der Waals surface area (Å²) in [6.07, 6.45) is 3.84. The van der Waals surface area contributed by atoms with E-state index < -0.39 is 16.0 Å². The van der Waals surface area contributed by atoms with Gasteiger partial charge in [-0.15, -0.1) is 0 Å². The topological polar surface area (TPSA) is 63.7 Å². The number of nitrogens with zero attached hydrogens (tertiary/aromatic N) is 1. The summed E-state index contributed by atoms with van der Waals surface area (Å²) in [5, 5.41) is 0. The van der Waals surface area contributed by atoms with Crippen LogP contribution in [0, 0.1) is 13.8 Å². The highest BCUT2D eigenvalue weighted by Crippen LogP contribution is 2.27. The van der Waals surface area contributed by atoms with Crippen LogP contribution in [0.25, 0.3) is 0 Å². The maximum atomic E-state index is 13.1. The first-order chi connectivity index (χ1) is 15.0. The van der Waals surface area contributed by atoms with Crippen LogP contribution >= 0.6 is 0 Å². The van der Waals surface area contributed by atoms with Crippen molar-refractivity contribution in [2.24, 2.45) is 0 Å². The molecule has 0 radical (unpaired) electrons. The lowest BCUT2D eigenvalue weighted by Crippen LogP contribution is -2.32. The van der Waals surface area contributed by atoms with Crippen molar-refractivity contribution in [1.29, 1.82) is 0 Å². The summed E-state index contributed by atoms with van der Waals surface area (Å²) in [5.74, 6) is -0.517. The van der Waals surface area contributed by atoms with E-state index in [0.29, 0.717) is 13.1 Å². The van der Waals surface area contributed by atoms with Crippen molar-refractivity contribution in [3.63, 3.8) is 0 Å². The van der Waals surface area contributed by atoms with Gasteiger partial charge in [0.25, 0.3) is 0 Å². The molecule has 1 aliphatic heterocycles. The molecule has 6 heteroatoms. The fourth-order valence-corrected chi connectivity index (χ4v) is 5.65. The summed E-state index contributed by atoms with van der Waals surface area (Å²) < 4.78 is 33.3. The zero-order valence-electron chi connectivity index (χ0n) is 19.9. The molecule has 32 heavy (non-hydrogen) atoms. The summed E-state index contributed by atoms with van der Waals surface area (Å²) in [5.41, 5.74) is 4.70. The minimum absolute atomic E-state index is 0.0457. The number of ether oxygens (including phenoxy) is 1. The van der Waals surface area contributed by atoms with Crippen molar-refractivity contribution in [2.45, 2.75) is 77.2 Å². The van der Waals surface area contributed by atoms with E-state index in [0.717, 1.165) is 42.4 Å². The number of carbonyl (C=O) groups is 1.